The number of nitrogens with zero attached hydrogens (tertiary/aromatic N) is 1. The lowest BCUT2D eigenvalue weighted by atomic mass is 10.3. The summed E-state index contributed by atoms with van der Waals surface area (Å²) in [5.41, 5.74) is 1.44. The fourth-order valence-electron chi connectivity index (χ4n) is 1.57. The smallest absolute Gasteiger partial charge is 0.315 e. The van der Waals surface area contributed by atoms with Gasteiger partial charge in [0.2, 0.25) is 0 Å². The molecular formula is C14H15N3O2S2. The van der Waals surface area contributed by atoms with E-state index in [4.69, 9.17) is 0 Å². The molecule has 21 heavy (non-hydrogen) atoms. The first kappa shape index (κ1) is 15.5. The highest BCUT2D eigenvalue weighted by Gasteiger charge is 2.16. The molecule has 1 heterocycles. The van der Waals surface area contributed by atoms with E-state index in [0.717, 1.165) is 15.5 Å². The minimum absolute atomic E-state index is 0.433. The second-order valence-corrected chi connectivity index (χ2v) is 6.38. The van der Waals surface area contributed by atoms with Crippen LogP contribution in [0.4, 0.5) is 10.8 Å². The Hall–Kier alpha value is -1.86. The monoisotopic (exact) mass is 321 g/mol. The normalized spacial score (nSPS) is 10.2. The molecule has 5 nitrogen and oxygen atoms in total. The number of thiazole rings is 1. The van der Waals surface area contributed by atoms with Gasteiger partial charge in [0, 0.05) is 15.5 Å². The van der Waals surface area contributed by atoms with Crippen LogP contribution in [0.15, 0.2) is 29.2 Å². The second-order valence-electron chi connectivity index (χ2n) is 4.30. The number of anilines is 2. The number of hydrogen-bond donors (Lipinski definition) is 2. The standard InChI is InChI=1S/C14H15N3O2S2/c1-8-9(2)21-14(15-8)17-13(19)12(18)16-10-5-4-6-11(7-10)20-3/h4-7H,1-3H3,(H,16,18)(H,15,17,19). The van der Waals surface area contributed by atoms with Crippen LogP contribution in [-0.4, -0.2) is 23.1 Å². The van der Waals surface area contributed by atoms with Gasteiger partial charge in [-0.15, -0.1) is 23.1 Å². The van der Waals surface area contributed by atoms with Crippen LogP contribution in [-0.2, 0) is 9.59 Å². The van der Waals surface area contributed by atoms with Gasteiger partial charge < -0.3 is 5.32 Å². The van der Waals surface area contributed by atoms with Gasteiger partial charge >= 0.3 is 11.8 Å². The van der Waals surface area contributed by atoms with Crippen molar-refractivity contribution >= 4 is 45.7 Å². The zero-order chi connectivity index (χ0) is 15.4. The number of benzene rings is 1. The number of thioether (sulfide) groups is 1. The van der Waals surface area contributed by atoms with E-state index in [1.165, 1.54) is 11.3 Å². The van der Waals surface area contributed by atoms with E-state index in [0.29, 0.717) is 10.8 Å². The van der Waals surface area contributed by atoms with Crippen molar-refractivity contribution in [3.8, 4) is 0 Å². The summed E-state index contributed by atoms with van der Waals surface area (Å²) in [5.74, 6) is -1.43. The van der Waals surface area contributed by atoms with Crippen LogP contribution in [0.25, 0.3) is 0 Å². The van der Waals surface area contributed by atoms with Crippen molar-refractivity contribution in [2.45, 2.75) is 18.7 Å². The zero-order valence-electron chi connectivity index (χ0n) is 11.9. The van der Waals surface area contributed by atoms with Crippen LogP contribution in [0.3, 0.4) is 0 Å². The largest absolute Gasteiger partial charge is 0.318 e. The number of amides is 2. The van der Waals surface area contributed by atoms with E-state index in [1.807, 2.05) is 38.3 Å². The molecular weight excluding hydrogens is 306 g/mol. The molecule has 2 rings (SSSR count). The molecule has 0 saturated heterocycles. The van der Waals surface area contributed by atoms with Crippen LogP contribution in [0.5, 0.6) is 0 Å². The number of carbonyl (C=O) groups is 2. The maximum absolute atomic E-state index is 11.9. The number of rotatable bonds is 3. The molecule has 2 amide bonds. The Bertz CT molecular complexity index is 663. The minimum Gasteiger partial charge on any atom is -0.318 e. The molecule has 0 fully saturated rings. The fourth-order valence-corrected chi connectivity index (χ4v) is 2.84. The highest BCUT2D eigenvalue weighted by Crippen LogP contribution is 2.21. The Kier molecular flexibility index (Phi) is 4.98. The molecule has 1 aromatic carbocycles. The van der Waals surface area contributed by atoms with Crippen LogP contribution in [0.2, 0.25) is 0 Å². The third-order valence-electron chi connectivity index (χ3n) is 2.78. The van der Waals surface area contributed by atoms with Crippen molar-refractivity contribution in [3.05, 3.63) is 34.8 Å². The molecule has 0 aliphatic carbocycles. The lowest BCUT2D eigenvalue weighted by molar-refractivity contribution is -0.133. The summed E-state index contributed by atoms with van der Waals surface area (Å²) < 4.78 is 0. The summed E-state index contributed by atoms with van der Waals surface area (Å²) in [6.07, 6.45) is 1.95. The summed E-state index contributed by atoms with van der Waals surface area (Å²) in [6.45, 7) is 3.77. The maximum atomic E-state index is 11.9. The molecule has 0 aliphatic heterocycles. The molecule has 0 aliphatic rings. The number of aromatic nitrogens is 1. The molecule has 0 unspecified atom stereocenters. The molecule has 2 aromatic rings. The third kappa shape index (κ3) is 4.05. The van der Waals surface area contributed by atoms with Gasteiger partial charge in [-0.1, -0.05) is 6.07 Å². The van der Waals surface area contributed by atoms with Gasteiger partial charge in [0.15, 0.2) is 5.13 Å². The summed E-state index contributed by atoms with van der Waals surface area (Å²) >= 11 is 2.91. The first-order chi connectivity index (χ1) is 9.99. The SMILES string of the molecule is CSc1cccc(NC(=O)C(=O)Nc2nc(C)c(C)s2)c1. The Morgan fingerprint density at radius 2 is 1.90 bits per heavy atom. The lowest BCUT2D eigenvalue weighted by Crippen LogP contribution is -2.29. The lowest BCUT2D eigenvalue weighted by Gasteiger charge is -2.05. The van der Waals surface area contributed by atoms with Crippen LogP contribution >= 0.6 is 23.1 Å². The van der Waals surface area contributed by atoms with E-state index in [9.17, 15) is 9.59 Å². The second kappa shape index (κ2) is 6.73. The number of aryl methyl sites for hydroxylation is 2. The van der Waals surface area contributed by atoms with Crippen molar-refractivity contribution in [3.63, 3.8) is 0 Å². The van der Waals surface area contributed by atoms with Crippen LogP contribution in [0.1, 0.15) is 10.6 Å². The van der Waals surface area contributed by atoms with Gasteiger partial charge in [0.25, 0.3) is 0 Å². The molecule has 1 aromatic heterocycles. The first-order valence-corrected chi connectivity index (χ1v) is 8.24. The Morgan fingerprint density at radius 3 is 2.52 bits per heavy atom. The Morgan fingerprint density at radius 1 is 1.19 bits per heavy atom. The third-order valence-corrected chi connectivity index (χ3v) is 4.50. The minimum atomic E-state index is -0.724. The van der Waals surface area contributed by atoms with E-state index >= 15 is 0 Å². The van der Waals surface area contributed by atoms with Gasteiger partial charge in [0.05, 0.1) is 5.69 Å². The van der Waals surface area contributed by atoms with Crippen LogP contribution < -0.4 is 10.6 Å². The van der Waals surface area contributed by atoms with Crippen molar-refractivity contribution in [2.24, 2.45) is 0 Å². The number of hydrogen-bond acceptors (Lipinski definition) is 5. The Labute approximate surface area is 131 Å². The highest BCUT2D eigenvalue weighted by atomic mass is 32.2. The van der Waals surface area contributed by atoms with Gasteiger partial charge in [-0.05, 0) is 38.3 Å². The quantitative estimate of drug-likeness (QED) is 0.673. The number of carbonyl (C=O) groups excluding carboxylic acids is 2. The van der Waals surface area contributed by atoms with Crippen molar-refractivity contribution in [1.82, 2.24) is 4.98 Å². The molecule has 2 N–H and O–H groups in total. The van der Waals surface area contributed by atoms with Crippen LogP contribution in [0, 0.1) is 13.8 Å². The van der Waals surface area contributed by atoms with E-state index in [2.05, 4.69) is 15.6 Å². The predicted octanol–water partition coefficient (Wildman–Crippen LogP) is 3.06. The average Bonchev–Trinajstić information content (AvgIpc) is 2.77. The van der Waals surface area contributed by atoms with E-state index in [-0.39, 0.29) is 0 Å². The molecule has 0 bridgehead atoms. The fraction of sp³-hybridized carbons (Fsp3) is 0.214. The summed E-state index contributed by atoms with van der Waals surface area (Å²) in [4.78, 5) is 29.9. The molecule has 0 spiro atoms. The van der Waals surface area contributed by atoms with Crippen molar-refractivity contribution in [1.29, 1.82) is 0 Å². The highest BCUT2D eigenvalue weighted by molar-refractivity contribution is 7.98. The first-order valence-electron chi connectivity index (χ1n) is 6.20. The van der Waals surface area contributed by atoms with Gasteiger partial charge in [-0.3, -0.25) is 14.9 Å². The van der Waals surface area contributed by atoms with Gasteiger partial charge in [-0.25, -0.2) is 4.98 Å². The molecule has 110 valence electrons. The topological polar surface area (TPSA) is 71.1 Å². The van der Waals surface area contributed by atoms with Crippen molar-refractivity contribution < 1.29 is 9.59 Å². The zero-order valence-corrected chi connectivity index (χ0v) is 13.5. The van der Waals surface area contributed by atoms with E-state index < -0.39 is 11.8 Å². The predicted molar refractivity (Wildman–Crippen MR) is 87.1 cm³/mol. The van der Waals surface area contributed by atoms with E-state index in [1.54, 1.807) is 17.8 Å². The molecule has 0 radical (unpaired) electrons. The molecule has 0 saturated carbocycles. The average molecular weight is 321 g/mol. The van der Waals surface area contributed by atoms with Gasteiger partial charge in [-0.2, -0.15) is 0 Å². The van der Waals surface area contributed by atoms with Gasteiger partial charge in [0.1, 0.15) is 0 Å². The molecule has 7 heteroatoms. The summed E-state index contributed by atoms with van der Waals surface area (Å²) in [7, 11) is 0. The Balaban J connectivity index is 2.00. The molecule has 0 atom stereocenters. The summed E-state index contributed by atoms with van der Waals surface area (Å²) in [5, 5.41) is 5.51. The summed E-state index contributed by atoms with van der Waals surface area (Å²) in [6, 6.07) is 7.31. The maximum Gasteiger partial charge on any atom is 0.315 e. The van der Waals surface area contributed by atoms with Crippen molar-refractivity contribution in [2.75, 3.05) is 16.9 Å². The number of nitrogens with one attached hydrogen (secondary N) is 2.